The van der Waals surface area contributed by atoms with Crippen molar-refractivity contribution in [3.63, 3.8) is 0 Å². The summed E-state index contributed by atoms with van der Waals surface area (Å²) in [5, 5.41) is 28.3. The maximum atomic E-state index is 13.1. The number of amides is 2. The zero-order valence-electron chi connectivity index (χ0n) is 20.0. The monoisotopic (exact) mass is 595 g/mol. The first-order valence-electron chi connectivity index (χ1n) is 10.9. The molecular formula is C20H21N9O7S3. The molecule has 206 valence electrons. The van der Waals surface area contributed by atoms with Crippen molar-refractivity contribution < 1.29 is 38.9 Å². The summed E-state index contributed by atoms with van der Waals surface area (Å²) in [6.07, 6.45) is 0.128. The van der Waals surface area contributed by atoms with E-state index in [2.05, 4.69) is 20.4 Å². The number of nitrogen functional groups attached to an aromatic ring is 3. The molecule has 0 spiro atoms. The molecule has 16 nitrogen and oxygen atoms in total. The third-order valence-corrected chi connectivity index (χ3v) is 8.45. The van der Waals surface area contributed by atoms with Gasteiger partial charge in [0.2, 0.25) is 11.9 Å². The highest BCUT2D eigenvalue weighted by molar-refractivity contribution is 8.01. The average Bonchev–Trinajstić information content (AvgIpc) is 3.32. The van der Waals surface area contributed by atoms with E-state index >= 15 is 0 Å². The second kappa shape index (κ2) is 11.3. The first-order valence-corrected chi connectivity index (χ1v) is 13.8. The van der Waals surface area contributed by atoms with Gasteiger partial charge in [0.05, 0.1) is 11.7 Å². The Kier molecular flexibility index (Phi) is 8.11. The summed E-state index contributed by atoms with van der Waals surface area (Å²) in [5.74, 6) is 1.97. The Balaban J connectivity index is 1.51. The molecule has 1 fully saturated rings. The van der Waals surface area contributed by atoms with Crippen LogP contribution in [0.15, 0.2) is 39.2 Å². The fourth-order valence-electron chi connectivity index (χ4n) is 3.45. The van der Waals surface area contributed by atoms with E-state index in [1.807, 2.05) is 0 Å². The molecule has 0 bridgehead atoms. The quantitative estimate of drug-likeness (QED) is 0.0351. The summed E-state index contributed by atoms with van der Waals surface area (Å²) in [5.41, 5.74) is 11.0. The molecule has 2 amide bonds. The summed E-state index contributed by atoms with van der Waals surface area (Å²) >= 11 is 3.38. The number of nitrogens with zero attached hydrogens (tertiary/aromatic N) is 5. The number of aliphatic carboxylic acids is 2. The minimum absolute atomic E-state index is 0.00875. The van der Waals surface area contributed by atoms with Crippen molar-refractivity contribution in [2.45, 2.75) is 29.6 Å². The average molecular weight is 596 g/mol. The number of thioether (sulfide) groups is 2. The Labute approximate surface area is 232 Å². The smallest absolute Gasteiger partial charge is 0.384 e. The molecule has 4 rings (SSSR count). The van der Waals surface area contributed by atoms with Gasteiger partial charge in [-0.25, -0.2) is 9.78 Å². The number of hydrogen-bond donors (Lipinski definition) is 5. The van der Waals surface area contributed by atoms with Gasteiger partial charge in [0.25, 0.3) is 11.8 Å². The highest BCUT2D eigenvalue weighted by Gasteiger charge is 2.53. The fourth-order valence-corrected chi connectivity index (χ4v) is 6.40. The predicted octanol–water partition coefficient (Wildman–Crippen LogP) is -2.91. The molecular weight excluding hydrogens is 574 g/mol. The van der Waals surface area contributed by atoms with Crippen molar-refractivity contribution in [3.8, 4) is 0 Å². The molecule has 2 aromatic rings. The number of nitrogens with one attached hydrogen (secondary N) is 1. The number of thiazole rings is 1. The molecule has 2 aromatic heterocycles. The van der Waals surface area contributed by atoms with E-state index in [1.54, 1.807) is 0 Å². The van der Waals surface area contributed by atoms with Gasteiger partial charge < -0.3 is 36.6 Å². The van der Waals surface area contributed by atoms with E-state index in [4.69, 9.17) is 27.3 Å². The van der Waals surface area contributed by atoms with Crippen LogP contribution in [0.3, 0.4) is 0 Å². The molecule has 0 saturated carbocycles. The molecule has 39 heavy (non-hydrogen) atoms. The van der Waals surface area contributed by atoms with Crippen LogP contribution in [0.25, 0.3) is 0 Å². The van der Waals surface area contributed by atoms with Gasteiger partial charge in [0, 0.05) is 23.0 Å². The molecule has 1 unspecified atom stereocenters. The zero-order chi connectivity index (χ0) is 28.4. The minimum atomic E-state index is -1.55. The topological polar surface area (TPSA) is 256 Å². The molecule has 4 heterocycles. The Morgan fingerprint density at radius 1 is 1.41 bits per heavy atom. The molecule has 19 heteroatoms. The number of carbonyl (C=O) groups is 4. The lowest BCUT2D eigenvalue weighted by molar-refractivity contribution is -0.682. The Morgan fingerprint density at radius 2 is 2.15 bits per heavy atom. The number of β-lactam (4-membered cyclic amide) rings is 1. The molecule has 0 aromatic carbocycles. The Bertz CT molecular complexity index is 1410. The number of hydrogen-bond acceptors (Lipinski definition) is 15. The summed E-state index contributed by atoms with van der Waals surface area (Å²) in [6, 6.07) is 0.397. The molecule has 0 radical (unpaired) electrons. The Hall–Kier alpha value is -4.10. The van der Waals surface area contributed by atoms with Crippen LogP contribution in [-0.4, -0.2) is 78.5 Å². The number of aromatic nitrogens is 3. The Morgan fingerprint density at radius 3 is 2.79 bits per heavy atom. The number of carboxylic acids is 2. The molecule has 3 atom stereocenters. The van der Waals surface area contributed by atoms with Gasteiger partial charge >= 0.3 is 11.1 Å². The van der Waals surface area contributed by atoms with Crippen LogP contribution in [0, 0.1) is 0 Å². The lowest BCUT2D eigenvalue weighted by atomic mass is 10.0. The van der Waals surface area contributed by atoms with Gasteiger partial charge in [-0.2, -0.15) is 0 Å². The number of anilines is 2. The summed E-state index contributed by atoms with van der Waals surface area (Å²) in [7, 11) is 0. The number of carboxylic acid groups (broad SMARTS) is 2. The van der Waals surface area contributed by atoms with E-state index in [9.17, 15) is 24.3 Å². The normalized spacial score (nSPS) is 19.7. The highest BCUT2D eigenvalue weighted by atomic mass is 32.2. The lowest BCUT2D eigenvalue weighted by Crippen LogP contribution is -2.71. The second-order valence-electron chi connectivity index (χ2n) is 8.03. The highest BCUT2D eigenvalue weighted by Crippen LogP contribution is 2.41. The van der Waals surface area contributed by atoms with E-state index < -0.39 is 47.0 Å². The molecule has 2 aliphatic heterocycles. The van der Waals surface area contributed by atoms with Crippen LogP contribution in [0.2, 0.25) is 0 Å². The lowest BCUT2D eigenvalue weighted by Gasteiger charge is -2.50. The summed E-state index contributed by atoms with van der Waals surface area (Å²) < 4.78 is 1.23. The van der Waals surface area contributed by atoms with Crippen LogP contribution in [0.4, 0.5) is 10.9 Å². The molecule has 8 N–H and O–H groups in total. The van der Waals surface area contributed by atoms with Crippen molar-refractivity contribution in [1.29, 1.82) is 0 Å². The van der Waals surface area contributed by atoms with Gasteiger partial charge in [0.15, 0.2) is 10.8 Å². The molecule has 1 saturated heterocycles. The van der Waals surface area contributed by atoms with Crippen LogP contribution in [0.1, 0.15) is 12.6 Å². The summed E-state index contributed by atoms with van der Waals surface area (Å²) in [4.78, 5) is 63.2. The SMILES string of the molecule is C[C@@H](O/N=C(\C(=O)NC1C(=O)N2C(C(=O)[O-])=C(CSc3nc(N)cc[n+]3N)CS[C@H]12)c1csc(N)n1)C(=O)O. The third-order valence-electron chi connectivity index (χ3n) is 5.38. The predicted molar refractivity (Wildman–Crippen MR) is 138 cm³/mol. The second-order valence-corrected chi connectivity index (χ2v) is 11.0. The van der Waals surface area contributed by atoms with E-state index in [0.29, 0.717) is 10.7 Å². The first-order chi connectivity index (χ1) is 18.5. The third kappa shape index (κ3) is 5.83. The maximum Gasteiger partial charge on any atom is 0.384 e. The minimum Gasteiger partial charge on any atom is -0.543 e. The standard InChI is InChI=1S/C20H21N9O7S3/c1-7(17(32)33)36-27-11(9-6-38-19(22)24-9)14(30)26-12-15(31)29-13(18(34)35)8(4-37-16(12)29)5-39-20-25-10(21)2-3-28(20)23/h2-3,6-7,12,16,21H,4-5,23H2,1H3,(H5,22,24,26,30,32,33,34,35)/b27-11-/t7-,12?,16-/m1/s1. The van der Waals surface area contributed by atoms with Gasteiger partial charge in [-0.3, -0.25) is 20.3 Å². The van der Waals surface area contributed by atoms with E-state index in [-0.39, 0.29) is 33.8 Å². The number of carbonyl (C=O) groups excluding carboxylic acids is 3. The zero-order valence-corrected chi connectivity index (χ0v) is 22.4. The van der Waals surface area contributed by atoms with Crippen molar-refractivity contribution in [1.82, 2.24) is 20.2 Å². The van der Waals surface area contributed by atoms with E-state index in [0.717, 1.165) is 28.0 Å². The van der Waals surface area contributed by atoms with Crippen LogP contribution < -0.4 is 32.4 Å². The van der Waals surface area contributed by atoms with Crippen LogP contribution in [-0.2, 0) is 24.0 Å². The maximum absolute atomic E-state index is 13.1. The van der Waals surface area contributed by atoms with Crippen molar-refractivity contribution in [3.05, 3.63) is 34.6 Å². The number of oxime groups is 1. The summed E-state index contributed by atoms with van der Waals surface area (Å²) in [6.45, 7) is 1.21. The fraction of sp³-hybridized carbons (Fsp3) is 0.300. The van der Waals surface area contributed by atoms with Gasteiger partial charge in [-0.1, -0.05) is 5.16 Å². The number of fused-ring (bicyclic) bond motifs is 1. The number of nitrogens with two attached hydrogens (primary N) is 3. The molecule has 2 aliphatic rings. The van der Waals surface area contributed by atoms with Gasteiger partial charge in [-0.05, 0) is 29.2 Å². The largest absolute Gasteiger partial charge is 0.543 e. The van der Waals surface area contributed by atoms with Crippen LogP contribution in [0.5, 0.6) is 0 Å². The first kappa shape index (κ1) is 27.9. The van der Waals surface area contributed by atoms with Crippen molar-refractivity contribution >= 4 is 75.3 Å². The number of rotatable bonds is 10. The van der Waals surface area contributed by atoms with Crippen molar-refractivity contribution in [2.75, 3.05) is 28.8 Å². The van der Waals surface area contributed by atoms with Gasteiger partial charge in [-0.15, -0.1) is 27.8 Å². The van der Waals surface area contributed by atoms with Crippen LogP contribution >= 0.6 is 34.9 Å². The van der Waals surface area contributed by atoms with E-state index in [1.165, 1.54) is 41.0 Å². The van der Waals surface area contributed by atoms with Crippen molar-refractivity contribution in [2.24, 2.45) is 5.16 Å². The van der Waals surface area contributed by atoms with Gasteiger partial charge in [0.1, 0.15) is 23.3 Å². The molecule has 0 aliphatic carbocycles.